The zero-order valence-electron chi connectivity index (χ0n) is 14.2. The van der Waals surface area contributed by atoms with Crippen molar-refractivity contribution in [1.82, 2.24) is 4.90 Å². The topological polar surface area (TPSA) is 116 Å². The van der Waals surface area contributed by atoms with Gasteiger partial charge in [-0.15, -0.1) is 0 Å². The minimum Gasteiger partial charge on any atom is -0.481 e. The molecule has 9 heteroatoms. The first-order valence-electron chi connectivity index (χ1n) is 7.87. The van der Waals surface area contributed by atoms with E-state index in [4.69, 9.17) is 15.4 Å². The fourth-order valence-electron chi connectivity index (χ4n) is 2.33. The van der Waals surface area contributed by atoms with Crippen molar-refractivity contribution >= 4 is 20.1 Å². The van der Waals surface area contributed by atoms with Crippen LogP contribution < -0.4 is 0 Å². The number of azide groups is 1. The Labute approximate surface area is 137 Å². The second-order valence-corrected chi connectivity index (χ2v) is 12.7. The highest BCUT2D eigenvalue weighted by Crippen LogP contribution is 2.24. The van der Waals surface area contributed by atoms with Gasteiger partial charge in [0.1, 0.15) is 6.04 Å². The summed E-state index contributed by atoms with van der Waals surface area (Å²) in [6.07, 6.45) is 1.42. The van der Waals surface area contributed by atoms with Crippen LogP contribution in [-0.2, 0) is 9.53 Å². The van der Waals surface area contributed by atoms with Gasteiger partial charge in [-0.2, -0.15) is 0 Å². The van der Waals surface area contributed by atoms with E-state index in [0.717, 1.165) is 0 Å². The average molecular weight is 342 g/mol. The zero-order valence-corrected chi connectivity index (χ0v) is 15.2. The second-order valence-electron chi connectivity index (χ2n) is 7.12. The van der Waals surface area contributed by atoms with Gasteiger partial charge >= 0.3 is 12.1 Å². The first-order chi connectivity index (χ1) is 10.6. The predicted molar refractivity (Wildman–Crippen MR) is 88.8 cm³/mol. The van der Waals surface area contributed by atoms with E-state index in [1.165, 1.54) is 0 Å². The third-order valence-corrected chi connectivity index (χ3v) is 6.96. The van der Waals surface area contributed by atoms with Gasteiger partial charge in [0.25, 0.3) is 0 Å². The highest BCUT2D eigenvalue weighted by atomic mass is 28.3. The molecule has 0 aromatic rings. The quantitative estimate of drug-likeness (QED) is 0.345. The molecule has 1 aliphatic heterocycles. The molecule has 1 aliphatic rings. The molecule has 0 bridgehead atoms. The number of carbonyl (C=O) groups is 2. The Bertz CT molecular complexity index is 478. The van der Waals surface area contributed by atoms with Gasteiger partial charge in [-0.25, -0.2) is 4.79 Å². The van der Waals surface area contributed by atoms with Crippen LogP contribution in [0.25, 0.3) is 10.4 Å². The number of piperidine rings is 1. The van der Waals surface area contributed by atoms with Crippen molar-refractivity contribution in [1.29, 1.82) is 0 Å². The van der Waals surface area contributed by atoms with E-state index in [1.807, 2.05) is 6.92 Å². The molecule has 8 nitrogen and oxygen atoms in total. The summed E-state index contributed by atoms with van der Waals surface area (Å²) in [4.78, 5) is 27.4. The number of hydrogen-bond donors (Lipinski definition) is 1. The number of amides is 1. The van der Waals surface area contributed by atoms with Crippen LogP contribution in [0.2, 0.25) is 19.6 Å². The minimum atomic E-state index is -1.53. The molecule has 1 saturated heterocycles. The number of aliphatic carboxylic acids is 1. The van der Waals surface area contributed by atoms with E-state index in [0.29, 0.717) is 32.4 Å². The summed E-state index contributed by atoms with van der Waals surface area (Å²) < 4.78 is 5.54. The lowest BCUT2D eigenvalue weighted by Crippen LogP contribution is -2.45. The molecule has 0 radical (unpaired) electrons. The predicted octanol–water partition coefficient (Wildman–Crippen LogP) is 3.25. The third kappa shape index (κ3) is 6.11. The van der Waals surface area contributed by atoms with Crippen molar-refractivity contribution in [2.24, 2.45) is 11.0 Å². The van der Waals surface area contributed by atoms with Gasteiger partial charge in [0.15, 0.2) is 0 Å². The van der Waals surface area contributed by atoms with E-state index < -0.39 is 20.1 Å². The Balaban J connectivity index is 2.47. The van der Waals surface area contributed by atoms with Crippen LogP contribution in [0.5, 0.6) is 0 Å². The molecule has 0 spiro atoms. The summed E-state index contributed by atoms with van der Waals surface area (Å²) in [5.74, 6) is -0.964. The van der Waals surface area contributed by atoms with Gasteiger partial charge in [-0.3, -0.25) is 4.79 Å². The maximum Gasteiger partial charge on any atom is 0.409 e. The van der Waals surface area contributed by atoms with Crippen LogP contribution in [0.4, 0.5) is 4.79 Å². The van der Waals surface area contributed by atoms with E-state index in [-0.39, 0.29) is 17.7 Å². The lowest BCUT2D eigenvalue weighted by Gasteiger charge is -2.34. The number of likely N-dealkylation sites (tertiary alicyclic amines) is 1. The normalized spacial score (nSPS) is 18.7. The Kier molecular flexibility index (Phi) is 6.90. The minimum absolute atomic E-state index is 0.0471. The van der Waals surface area contributed by atoms with Gasteiger partial charge in [0.2, 0.25) is 0 Å². The molecule has 1 rings (SSSR count). The van der Waals surface area contributed by atoms with Crippen molar-refractivity contribution < 1.29 is 19.4 Å². The zero-order chi connectivity index (χ0) is 17.6. The van der Waals surface area contributed by atoms with Crippen LogP contribution in [0.15, 0.2) is 5.11 Å². The summed E-state index contributed by atoms with van der Waals surface area (Å²) in [7, 11) is -1.53. The van der Waals surface area contributed by atoms with Gasteiger partial charge in [-0.1, -0.05) is 24.8 Å². The maximum absolute atomic E-state index is 12.2. The standard InChI is InChI=1S/C14H26N4O4Si/c1-10(23(2,3)4)22-14(21)18-7-5-11(6-8-18)9-12(13(19)20)16-17-15/h10-12H,5-9H2,1-4H3,(H,19,20)/t10?,12-/m0/s1. The Hall–Kier alpha value is -1.73. The lowest BCUT2D eigenvalue weighted by molar-refractivity contribution is -0.139. The van der Waals surface area contributed by atoms with E-state index in [9.17, 15) is 9.59 Å². The fourth-order valence-corrected chi connectivity index (χ4v) is 2.78. The molecule has 1 amide bonds. The molecule has 1 unspecified atom stereocenters. The number of nitrogens with zero attached hydrogens (tertiary/aromatic N) is 4. The molecule has 130 valence electrons. The number of hydrogen-bond acceptors (Lipinski definition) is 4. The van der Waals surface area contributed by atoms with Crippen LogP contribution in [0.3, 0.4) is 0 Å². The smallest absolute Gasteiger partial charge is 0.409 e. The molecule has 0 aromatic carbocycles. The molecule has 1 heterocycles. The van der Waals surface area contributed by atoms with Crippen molar-refractivity contribution in [3.63, 3.8) is 0 Å². The molecular formula is C14H26N4O4Si. The summed E-state index contributed by atoms with van der Waals surface area (Å²) in [5, 5.41) is 12.3. The van der Waals surface area contributed by atoms with Crippen LogP contribution in [0, 0.1) is 5.92 Å². The molecule has 1 fully saturated rings. The van der Waals surface area contributed by atoms with Crippen LogP contribution in [0.1, 0.15) is 26.2 Å². The Morgan fingerprint density at radius 2 is 1.96 bits per heavy atom. The first kappa shape index (κ1) is 19.3. The third-order valence-electron chi connectivity index (χ3n) is 4.40. The first-order valence-corrected chi connectivity index (χ1v) is 11.5. The maximum atomic E-state index is 12.2. The summed E-state index contributed by atoms with van der Waals surface area (Å²) in [6.45, 7) is 9.49. The highest BCUT2D eigenvalue weighted by Gasteiger charge is 2.31. The van der Waals surface area contributed by atoms with Crippen LogP contribution >= 0.6 is 0 Å². The summed E-state index contributed by atoms with van der Waals surface area (Å²) in [6, 6.07) is -1.03. The molecule has 0 saturated carbocycles. The van der Waals surface area contributed by atoms with E-state index in [1.54, 1.807) is 4.90 Å². The number of carboxylic acids is 1. The Morgan fingerprint density at radius 1 is 1.39 bits per heavy atom. The molecule has 2 atom stereocenters. The van der Waals surface area contributed by atoms with Gasteiger partial charge in [-0.05, 0) is 37.6 Å². The monoisotopic (exact) mass is 342 g/mol. The Morgan fingerprint density at radius 3 is 2.39 bits per heavy atom. The second kappa shape index (κ2) is 8.21. The average Bonchev–Trinajstić information content (AvgIpc) is 2.46. The highest BCUT2D eigenvalue weighted by molar-refractivity contribution is 6.77. The van der Waals surface area contributed by atoms with Crippen molar-refractivity contribution in [3.05, 3.63) is 10.4 Å². The number of rotatable bonds is 6. The summed E-state index contributed by atoms with van der Waals surface area (Å²) in [5.41, 5.74) is 8.36. The molecule has 23 heavy (non-hydrogen) atoms. The SMILES string of the molecule is CC(OC(=O)N1CCC(C[C@H](N=[N+]=[N-])C(=O)O)CC1)[Si](C)(C)C. The molecule has 0 aliphatic carbocycles. The van der Waals surface area contributed by atoms with E-state index in [2.05, 4.69) is 29.7 Å². The largest absolute Gasteiger partial charge is 0.481 e. The fraction of sp³-hybridized carbons (Fsp3) is 0.857. The molecule has 1 N–H and O–H groups in total. The van der Waals surface area contributed by atoms with Crippen molar-refractivity contribution in [2.75, 3.05) is 13.1 Å². The molecule has 0 aromatic heterocycles. The number of carboxylic acid groups (broad SMARTS) is 1. The lowest BCUT2D eigenvalue weighted by atomic mass is 9.90. The van der Waals surface area contributed by atoms with Crippen molar-refractivity contribution in [3.8, 4) is 0 Å². The van der Waals surface area contributed by atoms with Gasteiger partial charge in [0.05, 0.1) is 13.8 Å². The van der Waals surface area contributed by atoms with Crippen molar-refractivity contribution in [2.45, 2.75) is 57.6 Å². The van der Waals surface area contributed by atoms with Gasteiger partial charge < -0.3 is 14.7 Å². The molecular weight excluding hydrogens is 316 g/mol. The van der Waals surface area contributed by atoms with Crippen LogP contribution in [-0.4, -0.2) is 55.0 Å². The van der Waals surface area contributed by atoms with E-state index >= 15 is 0 Å². The summed E-state index contributed by atoms with van der Waals surface area (Å²) >= 11 is 0. The number of ether oxygens (including phenoxy) is 1. The van der Waals surface area contributed by atoms with Gasteiger partial charge in [0, 0.05) is 18.0 Å². The number of carbonyl (C=O) groups excluding carboxylic acids is 1.